The van der Waals surface area contributed by atoms with Crippen molar-refractivity contribution in [2.24, 2.45) is 5.92 Å². The van der Waals surface area contributed by atoms with Crippen LogP contribution in [0.3, 0.4) is 0 Å². The minimum atomic E-state index is 0.245. The molecule has 1 aliphatic carbocycles. The molecule has 0 spiro atoms. The van der Waals surface area contributed by atoms with Crippen LogP contribution in [0.15, 0.2) is 18.2 Å². The lowest BCUT2D eigenvalue weighted by molar-refractivity contribution is 0.414. The van der Waals surface area contributed by atoms with Crippen LogP contribution in [0.2, 0.25) is 0 Å². The molecule has 0 bridgehead atoms. The molecule has 2 atom stereocenters. The van der Waals surface area contributed by atoms with E-state index < -0.39 is 0 Å². The van der Waals surface area contributed by atoms with Crippen LogP contribution in [-0.4, -0.2) is 12.1 Å². The summed E-state index contributed by atoms with van der Waals surface area (Å²) in [5.41, 5.74) is 4.65. The summed E-state index contributed by atoms with van der Waals surface area (Å²) in [4.78, 5) is 0. The molecule has 2 unspecified atom stereocenters. The third kappa shape index (κ3) is 3.32. The molecule has 1 aliphatic rings. The highest BCUT2D eigenvalue weighted by Crippen LogP contribution is 2.48. The van der Waals surface area contributed by atoms with Gasteiger partial charge in [-0.05, 0) is 70.5 Å². The monoisotopic (exact) mass is 231 g/mol. The molecule has 2 rings (SSSR count). The highest BCUT2D eigenvalue weighted by molar-refractivity contribution is 5.36. The van der Waals surface area contributed by atoms with Crippen molar-refractivity contribution in [2.45, 2.75) is 52.5 Å². The van der Waals surface area contributed by atoms with Gasteiger partial charge in [0.25, 0.3) is 0 Å². The van der Waals surface area contributed by atoms with Gasteiger partial charge in [0, 0.05) is 5.54 Å². The highest BCUT2D eigenvalue weighted by Gasteiger charge is 2.39. The van der Waals surface area contributed by atoms with Crippen LogP contribution in [0.1, 0.15) is 49.8 Å². The maximum atomic E-state index is 3.61. The molecule has 1 aromatic carbocycles. The van der Waals surface area contributed by atoms with Crippen LogP contribution in [0, 0.1) is 19.8 Å². The van der Waals surface area contributed by atoms with Gasteiger partial charge in [0.2, 0.25) is 0 Å². The maximum absolute atomic E-state index is 3.61. The van der Waals surface area contributed by atoms with E-state index in [1.165, 1.54) is 17.5 Å². The molecule has 0 aliphatic heterocycles. The molecule has 1 heteroatoms. The number of rotatable bonds is 3. The predicted molar refractivity (Wildman–Crippen MR) is 74.5 cm³/mol. The minimum Gasteiger partial charge on any atom is -0.312 e. The first-order valence-electron chi connectivity index (χ1n) is 6.69. The van der Waals surface area contributed by atoms with Gasteiger partial charge in [-0.25, -0.2) is 0 Å². The van der Waals surface area contributed by atoms with Crippen molar-refractivity contribution in [1.82, 2.24) is 5.32 Å². The first-order valence-corrected chi connectivity index (χ1v) is 6.69. The van der Waals surface area contributed by atoms with E-state index in [0.29, 0.717) is 0 Å². The molecule has 1 nitrogen and oxygen atoms in total. The summed E-state index contributed by atoms with van der Waals surface area (Å²) in [5, 5.41) is 3.61. The zero-order chi connectivity index (χ0) is 12.6. The Hall–Kier alpha value is -0.820. The van der Waals surface area contributed by atoms with Gasteiger partial charge in [0.1, 0.15) is 0 Å². The van der Waals surface area contributed by atoms with E-state index in [1.807, 2.05) is 0 Å². The first-order chi connectivity index (χ1) is 7.87. The summed E-state index contributed by atoms with van der Waals surface area (Å²) in [6.07, 6.45) is 1.35. The zero-order valence-corrected chi connectivity index (χ0v) is 11.8. The molecule has 0 saturated heterocycles. The Kier molecular flexibility index (Phi) is 3.31. The molecule has 94 valence electrons. The molecule has 1 fully saturated rings. The Bertz CT molecular complexity index is 400. The molecule has 1 aromatic rings. The van der Waals surface area contributed by atoms with Crippen LogP contribution >= 0.6 is 0 Å². The van der Waals surface area contributed by atoms with Crippen molar-refractivity contribution in [3.05, 3.63) is 34.9 Å². The summed E-state index contributed by atoms with van der Waals surface area (Å²) >= 11 is 0. The van der Waals surface area contributed by atoms with Gasteiger partial charge < -0.3 is 5.32 Å². The Morgan fingerprint density at radius 1 is 1.24 bits per heavy atom. The lowest BCUT2D eigenvalue weighted by Crippen LogP contribution is -2.37. The molecular formula is C16H25N. The van der Waals surface area contributed by atoms with E-state index in [9.17, 15) is 0 Å². The fourth-order valence-corrected chi connectivity index (χ4v) is 2.53. The average molecular weight is 231 g/mol. The largest absolute Gasteiger partial charge is 0.312 e. The van der Waals surface area contributed by atoms with Gasteiger partial charge in [-0.3, -0.25) is 0 Å². The molecule has 1 saturated carbocycles. The third-order valence-corrected chi connectivity index (χ3v) is 3.64. The SMILES string of the molecule is Cc1ccc(C2CC2CNC(C)(C)C)c(C)c1. The van der Waals surface area contributed by atoms with E-state index in [0.717, 1.165) is 18.4 Å². The molecule has 0 amide bonds. The second-order valence-corrected chi connectivity index (χ2v) is 6.59. The van der Waals surface area contributed by atoms with E-state index in [4.69, 9.17) is 0 Å². The normalized spacial score (nSPS) is 23.8. The second-order valence-electron chi connectivity index (χ2n) is 6.59. The van der Waals surface area contributed by atoms with E-state index in [-0.39, 0.29) is 5.54 Å². The predicted octanol–water partition coefficient (Wildman–Crippen LogP) is 3.80. The fourth-order valence-electron chi connectivity index (χ4n) is 2.53. The van der Waals surface area contributed by atoms with Crippen molar-refractivity contribution in [3.8, 4) is 0 Å². The number of nitrogens with one attached hydrogen (secondary N) is 1. The van der Waals surface area contributed by atoms with Crippen molar-refractivity contribution in [2.75, 3.05) is 6.54 Å². The lowest BCUT2D eigenvalue weighted by atomic mass is 10.0. The quantitative estimate of drug-likeness (QED) is 0.834. The van der Waals surface area contributed by atoms with Gasteiger partial charge in [-0.2, -0.15) is 0 Å². The van der Waals surface area contributed by atoms with Crippen molar-refractivity contribution >= 4 is 0 Å². The number of aryl methyl sites for hydroxylation is 2. The van der Waals surface area contributed by atoms with Gasteiger partial charge in [0.05, 0.1) is 0 Å². The third-order valence-electron chi connectivity index (χ3n) is 3.64. The van der Waals surface area contributed by atoms with Crippen LogP contribution < -0.4 is 5.32 Å². The van der Waals surface area contributed by atoms with Crippen molar-refractivity contribution in [1.29, 1.82) is 0 Å². The second kappa shape index (κ2) is 4.45. The Morgan fingerprint density at radius 2 is 1.94 bits per heavy atom. The highest BCUT2D eigenvalue weighted by atomic mass is 15.0. The molecule has 0 radical (unpaired) electrons. The van der Waals surface area contributed by atoms with Crippen LogP contribution in [0.5, 0.6) is 0 Å². The van der Waals surface area contributed by atoms with Crippen molar-refractivity contribution < 1.29 is 0 Å². The fraction of sp³-hybridized carbons (Fsp3) is 0.625. The number of hydrogen-bond donors (Lipinski definition) is 1. The Balaban J connectivity index is 1.94. The molecule has 0 heterocycles. The summed E-state index contributed by atoms with van der Waals surface area (Å²) in [5.74, 6) is 1.64. The topological polar surface area (TPSA) is 12.0 Å². The van der Waals surface area contributed by atoms with Crippen LogP contribution in [-0.2, 0) is 0 Å². The summed E-state index contributed by atoms with van der Waals surface area (Å²) in [7, 11) is 0. The van der Waals surface area contributed by atoms with Gasteiger partial charge >= 0.3 is 0 Å². The van der Waals surface area contributed by atoms with E-state index in [2.05, 4.69) is 58.1 Å². The summed E-state index contributed by atoms with van der Waals surface area (Å²) < 4.78 is 0. The minimum absolute atomic E-state index is 0.245. The summed E-state index contributed by atoms with van der Waals surface area (Å²) in [6.45, 7) is 12.3. The van der Waals surface area contributed by atoms with E-state index in [1.54, 1.807) is 5.56 Å². The number of benzene rings is 1. The smallest absolute Gasteiger partial charge is 0.00966 e. The zero-order valence-electron chi connectivity index (χ0n) is 11.8. The van der Waals surface area contributed by atoms with Crippen molar-refractivity contribution in [3.63, 3.8) is 0 Å². The van der Waals surface area contributed by atoms with Gasteiger partial charge in [0.15, 0.2) is 0 Å². The number of hydrogen-bond acceptors (Lipinski definition) is 1. The van der Waals surface area contributed by atoms with Crippen LogP contribution in [0.4, 0.5) is 0 Å². The molecule has 1 N–H and O–H groups in total. The van der Waals surface area contributed by atoms with Crippen LogP contribution in [0.25, 0.3) is 0 Å². The Labute approximate surface area is 106 Å². The van der Waals surface area contributed by atoms with Gasteiger partial charge in [-0.15, -0.1) is 0 Å². The van der Waals surface area contributed by atoms with E-state index >= 15 is 0 Å². The lowest BCUT2D eigenvalue weighted by Gasteiger charge is -2.20. The molecule has 17 heavy (non-hydrogen) atoms. The summed E-state index contributed by atoms with van der Waals surface area (Å²) in [6, 6.07) is 6.88. The average Bonchev–Trinajstić information content (AvgIpc) is 2.93. The first kappa shape index (κ1) is 12.6. The molecule has 0 aromatic heterocycles. The molecular weight excluding hydrogens is 206 g/mol. The van der Waals surface area contributed by atoms with Gasteiger partial charge in [-0.1, -0.05) is 23.8 Å². The maximum Gasteiger partial charge on any atom is 0.00966 e. The Morgan fingerprint density at radius 3 is 2.53 bits per heavy atom. The standard InChI is InChI=1S/C16H25N/c1-11-6-7-14(12(2)8-11)15-9-13(15)10-17-16(3,4)5/h6-8,13,15,17H,9-10H2,1-5H3.